The Morgan fingerprint density at radius 1 is 1.12 bits per heavy atom. The number of nitrogens with one attached hydrogen (secondary N) is 1. The van der Waals surface area contributed by atoms with Crippen molar-refractivity contribution in [3.63, 3.8) is 0 Å². The second kappa shape index (κ2) is 7.70. The third kappa shape index (κ3) is 4.40. The molecule has 1 saturated heterocycles. The lowest BCUT2D eigenvalue weighted by molar-refractivity contribution is 0.148. The number of rotatable bonds is 3. The molecule has 1 heterocycles. The van der Waals surface area contributed by atoms with E-state index in [9.17, 15) is 4.79 Å². The van der Waals surface area contributed by atoms with E-state index in [4.69, 9.17) is 0 Å². The van der Waals surface area contributed by atoms with Crippen molar-refractivity contribution in [1.82, 2.24) is 9.80 Å². The summed E-state index contributed by atoms with van der Waals surface area (Å²) in [6.45, 7) is 3.71. The molecule has 1 fully saturated rings. The van der Waals surface area contributed by atoms with Crippen molar-refractivity contribution in [3.05, 3.63) is 54.1 Å². The van der Waals surface area contributed by atoms with Crippen LogP contribution >= 0.6 is 0 Å². The molecular formula is C21H27N3O. The van der Waals surface area contributed by atoms with E-state index in [0.717, 1.165) is 37.2 Å². The largest absolute Gasteiger partial charge is 0.323 e. The topological polar surface area (TPSA) is 35.6 Å². The van der Waals surface area contributed by atoms with Gasteiger partial charge in [0, 0.05) is 24.8 Å². The van der Waals surface area contributed by atoms with Gasteiger partial charge in [0.25, 0.3) is 0 Å². The zero-order valence-corrected chi connectivity index (χ0v) is 15.3. The summed E-state index contributed by atoms with van der Waals surface area (Å²) in [5.41, 5.74) is 4.36. The minimum absolute atomic E-state index is 0.00653. The number of likely N-dealkylation sites (tertiary alicyclic amines) is 1. The maximum Gasteiger partial charge on any atom is 0.321 e. The first-order chi connectivity index (χ1) is 12.0. The maximum atomic E-state index is 12.6. The van der Waals surface area contributed by atoms with Crippen molar-refractivity contribution in [2.45, 2.75) is 25.8 Å². The summed E-state index contributed by atoms with van der Waals surface area (Å²) in [6, 6.07) is 16.9. The number of benzene rings is 2. The van der Waals surface area contributed by atoms with E-state index >= 15 is 0 Å². The van der Waals surface area contributed by atoms with Crippen LogP contribution in [0.25, 0.3) is 11.1 Å². The SMILES string of the molecule is Cc1cccc(-c2cccc(NC(=O)N3CCC[C@@H](N(C)C)C3)c2)c1. The first kappa shape index (κ1) is 17.5. The van der Waals surface area contributed by atoms with Crippen LogP contribution in [-0.2, 0) is 0 Å². The highest BCUT2D eigenvalue weighted by Gasteiger charge is 2.24. The standard InChI is InChI=1S/C21H27N3O/c1-16-7-4-8-17(13-16)18-9-5-10-19(14-18)22-21(25)24-12-6-11-20(15-24)23(2)3/h4-5,7-10,13-14,20H,6,11-12,15H2,1-3H3,(H,22,25)/t20-/m1/s1. The van der Waals surface area contributed by atoms with Crippen LogP contribution in [0.5, 0.6) is 0 Å². The van der Waals surface area contributed by atoms with Crippen LogP contribution < -0.4 is 5.32 Å². The third-order valence-corrected chi connectivity index (χ3v) is 4.88. The predicted octanol–water partition coefficient (Wildman–Crippen LogP) is 4.22. The van der Waals surface area contributed by atoms with E-state index in [1.54, 1.807) is 0 Å². The summed E-state index contributed by atoms with van der Waals surface area (Å²) in [5.74, 6) is 0. The van der Waals surface area contributed by atoms with Crippen LogP contribution in [0, 0.1) is 6.92 Å². The molecule has 132 valence electrons. The fourth-order valence-corrected chi connectivity index (χ4v) is 3.36. The van der Waals surface area contributed by atoms with Gasteiger partial charge in [0.05, 0.1) is 0 Å². The summed E-state index contributed by atoms with van der Waals surface area (Å²) in [7, 11) is 4.16. The van der Waals surface area contributed by atoms with Crippen LogP contribution in [0.15, 0.2) is 48.5 Å². The highest BCUT2D eigenvalue weighted by molar-refractivity contribution is 5.90. The summed E-state index contributed by atoms with van der Waals surface area (Å²) in [4.78, 5) is 16.8. The molecule has 25 heavy (non-hydrogen) atoms. The second-order valence-corrected chi connectivity index (χ2v) is 7.09. The van der Waals surface area contributed by atoms with Gasteiger partial charge in [-0.1, -0.05) is 42.0 Å². The number of urea groups is 1. The minimum Gasteiger partial charge on any atom is -0.323 e. The van der Waals surface area contributed by atoms with E-state index < -0.39 is 0 Å². The molecule has 1 atom stereocenters. The summed E-state index contributed by atoms with van der Waals surface area (Å²) in [6.07, 6.45) is 2.21. The van der Waals surface area contributed by atoms with Crippen molar-refractivity contribution in [2.24, 2.45) is 0 Å². The first-order valence-corrected chi connectivity index (χ1v) is 8.92. The number of anilines is 1. The molecule has 2 amide bonds. The van der Waals surface area contributed by atoms with Crippen LogP contribution in [0.1, 0.15) is 18.4 Å². The van der Waals surface area contributed by atoms with Crippen molar-refractivity contribution in [1.29, 1.82) is 0 Å². The highest BCUT2D eigenvalue weighted by Crippen LogP contribution is 2.24. The van der Waals surface area contributed by atoms with Gasteiger partial charge in [0.15, 0.2) is 0 Å². The fraction of sp³-hybridized carbons (Fsp3) is 0.381. The number of carbonyl (C=O) groups is 1. The molecule has 1 N–H and O–H groups in total. The lowest BCUT2D eigenvalue weighted by Gasteiger charge is -2.36. The smallest absolute Gasteiger partial charge is 0.321 e. The van der Waals surface area contributed by atoms with Gasteiger partial charge < -0.3 is 15.1 Å². The Kier molecular flexibility index (Phi) is 5.39. The summed E-state index contributed by atoms with van der Waals surface area (Å²) < 4.78 is 0. The van der Waals surface area contributed by atoms with Crippen molar-refractivity contribution in [3.8, 4) is 11.1 Å². The molecule has 1 aliphatic rings. The van der Waals surface area contributed by atoms with Crippen LogP contribution in [0.3, 0.4) is 0 Å². The Hall–Kier alpha value is -2.33. The number of nitrogens with zero attached hydrogens (tertiary/aromatic N) is 2. The Bertz CT molecular complexity index is 741. The molecule has 0 saturated carbocycles. The molecule has 0 aromatic heterocycles. The average molecular weight is 337 g/mol. The number of likely N-dealkylation sites (N-methyl/N-ethyl adjacent to an activating group) is 1. The molecule has 4 heteroatoms. The van der Waals surface area contributed by atoms with Crippen molar-refractivity contribution >= 4 is 11.7 Å². The molecule has 1 aliphatic heterocycles. The predicted molar refractivity (Wildman–Crippen MR) is 104 cm³/mol. The number of carbonyl (C=O) groups excluding carboxylic acids is 1. The molecule has 3 rings (SSSR count). The minimum atomic E-state index is -0.00653. The maximum absolute atomic E-state index is 12.6. The van der Waals surface area contributed by atoms with Gasteiger partial charge in [-0.2, -0.15) is 0 Å². The lowest BCUT2D eigenvalue weighted by Crippen LogP contribution is -2.48. The Labute approximate surface area is 150 Å². The van der Waals surface area contributed by atoms with Crippen molar-refractivity contribution < 1.29 is 4.79 Å². The lowest BCUT2D eigenvalue weighted by atomic mass is 10.0. The molecule has 2 aromatic carbocycles. The van der Waals surface area contributed by atoms with Crippen molar-refractivity contribution in [2.75, 3.05) is 32.5 Å². The zero-order valence-electron chi connectivity index (χ0n) is 15.3. The number of piperidine rings is 1. The number of amides is 2. The normalized spacial score (nSPS) is 17.6. The van der Waals surface area contributed by atoms with E-state index in [-0.39, 0.29) is 6.03 Å². The van der Waals surface area contributed by atoms with E-state index in [0.29, 0.717) is 6.04 Å². The van der Waals surface area contributed by atoms with Gasteiger partial charge in [-0.3, -0.25) is 0 Å². The summed E-state index contributed by atoms with van der Waals surface area (Å²) >= 11 is 0. The first-order valence-electron chi connectivity index (χ1n) is 8.92. The molecular weight excluding hydrogens is 310 g/mol. The summed E-state index contributed by atoms with van der Waals surface area (Å²) in [5, 5.41) is 3.06. The Balaban J connectivity index is 1.70. The second-order valence-electron chi connectivity index (χ2n) is 7.09. The molecule has 2 aromatic rings. The number of hydrogen-bond donors (Lipinski definition) is 1. The van der Waals surface area contributed by atoms with E-state index in [2.05, 4.69) is 61.6 Å². The molecule has 0 radical (unpaired) electrons. The van der Waals surface area contributed by atoms with E-state index in [1.807, 2.05) is 23.1 Å². The molecule has 0 unspecified atom stereocenters. The Morgan fingerprint density at radius 3 is 2.56 bits per heavy atom. The quantitative estimate of drug-likeness (QED) is 0.910. The van der Waals surface area contributed by atoms with E-state index in [1.165, 1.54) is 11.1 Å². The third-order valence-electron chi connectivity index (χ3n) is 4.88. The zero-order chi connectivity index (χ0) is 17.8. The van der Waals surface area contributed by atoms with Crippen LogP contribution in [0.2, 0.25) is 0 Å². The fourth-order valence-electron chi connectivity index (χ4n) is 3.36. The van der Waals surface area contributed by atoms with Gasteiger partial charge in [-0.05, 0) is 57.1 Å². The van der Waals surface area contributed by atoms with Gasteiger partial charge in [0.2, 0.25) is 0 Å². The van der Waals surface area contributed by atoms with Gasteiger partial charge >= 0.3 is 6.03 Å². The monoisotopic (exact) mass is 337 g/mol. The number of hydrogen-bond acceptors (Lipinski definition) is 2. The molecule has 0 aliphatic carbocycles. The van der Waals surface area contributed by atoms with Gasteiger partial charge in [0.1, 0.15) is 0 Å². The highest BCUT2D eigenvalue weighted by atomic mass is 16.2. The molecule has 4 nitrogen and oxygen atoms in total. The number of aryl methyl sites for hydroxylation is 1. The van der Waals surface area contributed by atoms with Gasteiger partial charge in [-0.15, -0.1) is 0 Å². The average Bonchev–Trinajstić information content (AvgIpc) is 2.62. The van der Waals surface area contributed by atoms with Crippen LogP contribution in [-0.4, -0.2) is 49.1 Å². The Morgan fingerprint density at radius 2 is 1.84 bits per heavy atom. The molecule has 0 spiro atoms. The van der Waals surface area contributed by atoms with Gasteiger partial charge in [-0.25, -0.2) is 4.79 Å². The van der Waals surface area contributed by atoms with Crippen LogP contribution in [0.4, 0.5) is 10.5 Å². The molecule has 0 bridgehead atoms.